The minimum atomic E-state index is 0.675. The van der Waals surface area contributed by atoms with Crippen LogP contribution in [-0.4, -0.2) is 0 Å². The summed E-state index contributed by atoms with van der Waals surface area (Å²) in [4.78, 5) is 0. The van der Waals surface area contributed by atoms with Crippen LogP contribution in [0.4, 0.5) is 0 Å². The lowest BCUT2D eigenvalue weighted by atomic mass is 9.77. The monoisotopic (exact) mass is 408 g/mol. The maximum absolute atomic E-state index is 2.43. The van der Waals surface area contributed by atoms with Gasteiger partial charge in [0, 0.05) is 0 Å². The molecule has 0 unspecified atom stereocenters. The van der Waals surface area contributed by atoms with E-state index in [1.807, 2.05) is 0 Å². The van der Waals surface area contributed by atoms with Gasteiger partial charge in [-0.2, -0.15) is 0 Å². The third-order valence-electron chi connectivity index (χ3n) is 5.95. The van der Waals surface area contributed by atoms with E-state index in [1.54, 1.807) is 38.6 Å². The van der Waals surface area contributed by atoms with E-state index < -0.39 is 0 Å². The minimum Gasteiger partial charge on any atom is -0.0625 e. The molecule has 0 heteroatoms. The molecule has 0 atom stereocenters. The third kappa shape index (κ3) is 6.35. The Morgan fingerprint density at radius 3 is 1.33 bits per heavy atom. The highest BCUT2D eigenvalue weighted by Crippen LogP contribution is 2.38. The van der Waals surface area contributed by atoms with E-state index in [0.29, 0.717) is 29.6 Å². The number of hydrogen-bond donors (Lipinski definition) is 0. The van der Waals surface area contributed by atoms with Crippen molar-refractivity contribution in [3.8, 4) is 0 Å². The summed E-state index contributed by atoms with van der Waals surface area (Å²) in [6.45, 7) is 23.8. The summed E-state index contributed by atoms with van der Waals surface area (Å²) in [5, 5.41) is 3.17. The van der Waals surface area contributed by atoms with Crippen molar-refractivity contribution in [2.45, 2.75) is 101 Å². The van der Waals surface area contributed by atoms with Crippen molar-refractivity contribution < 1.29 is 0 Å². The largest absolute Gasteiger partial charge is 0.0625 e. The maximum Gasteiger partial charge on any atom is -0.0114 e. The Kier molecular flexibility index (Phi) is 9.01. The number of benzene rings is 2. The second-order valence-corrected chi connectivity index (χ2v) is 11.7. The number of rotatable bonds is 10. The van der Waals surface area contributed by atoms with Crippen LogP contribution in [0, 0.1) is 29.6 Å². The summed E-state index contributed by atoms with van der Waals surface area (Å²) < 4.78 is 0. The molecule has 0 amide bonds. The third-order valence-corrected chi connectivity index (χ3v) is 5.95. The maximum atomic E-state index is 2.43. The van der Waals surface area contributed by atoms with Crippen LogP contribution in [0.3, 0.4) is 0 Å². The molecule has 0 fully saturated rings. The number of fused-ring (bicyclic) bond motifs is 1. The fourth-order valence-corrected chi connectivity index (χ4v) is 5.08. The average molecular weight is 409 g/mol. The second-order valence-electron chi connectivity index (χ2n) is 11.7. The van der Waals surface area contributed by atoms with Gasteiger partial charge in [-0.15, -0.1) is 0 Å². The lowest BCUT2D eigenvalue weighted by Crippen LogP contribution is -2.15. The van der Waals surface area contributed by atoms with Crippen molar-refractivity contribution in [3.63, 3.8) is 0 Å². The molecule has 0 radical (unpaired) electrons. The number of hydrogen-bond acceptors (Lipinski definition) is 0. The van der Waals surface area contributed by atoms with Gasteiger partial charge in [-0.25, -0.2) is 0 Å². The van der Waals surface area contributed by atoms with Gasteiger partial charge in [-0.05, 0) is 100 Å². The zero-order valence-electron chi connectivity index (χ0n) is 21.7. The topological polar surface area (TPSA) is 0 Å². The van der Waals surface area contributed by atoms with Crippen LogP contribution in [0.2, 0.25) is 0 Å². The molecule has 30 heavy (non-hydrogen) atoms. The average Bonchev–Trinajstić information content (AvgIpc) is 2.59. The van der Waals surface area contributed by atoms with E-state index in [4.69, 9.17) is 0 Å². The van der Waals surface area contributed by atoms with Gasteiger partial charge in [0.25, 0.3) is 0 Å². The first-order valence-corrected chi connectivity index (χ1v) is 12.6. The van der Waals surface area contributed by atoms with E-state index in [2.05, 4.69) is 87.4 Å². The van der Waals surface area contributed by atoms with E-state index in [0.717, 1.165) is 0 Å². The van der Waals surface area contributed by atoms with Crippen molar-refractivity contribution in [2.75, 3.05) is 0 Å². The Labute approximate surface area is 187 Å². The quantitative estimate of drug-likeness (QED) is 0.368. The van der Waals surface area contributed by atoms with Gasteiger partial charge >= 0.3 is 0 Å². The van der Waals surface area contributed by atoms with Gasteiger partial charge in [-0.3, -0.25) is 0 Å². The summed E-state index contributed by atoms with van der Waals surface area (Å²) in [6.07, 6.45) is 5.98. The Morgan fingerprint density at radius 1 is 0.467 bits per heavy atom. The van der Waals surface area contributed by atoms with E-state index >= 15 is 0 Å². The molecule has 168 valence electrons. The van der Waals surface area contributed by atoms with E-state index in [1.165, 1.54) is 32.1 Å². The summed E-state index contributed by atoms with van der Waals surface area (Å²) in [5.74, 6) is 3.40. The Hall–Kier alpha value is -1.30. The molecule has 0 aliphatic carbocycles. The molecule has 0 bridgehead atoms. The fourth-order valence-electron chi connectivity index (χ4n) is 5.08. The van der Waals surface area contributed by atoms with Crippen molar-refractivity contribution in [1.82, 2.24) is 0 Å². The molecule has 0 N–H and O–H groups in total. The standard InChI is InChI=1S/C30H48/c1-19(2)14-24-12-11-13-25-26(15-20(3)4)27(16-21(5)6)28(17-22(7)8)29(30(24)25)18-23(9)10/h11-13,19-23H,14-18H2,1-10H3. The van der Waals surface area contributed by atoms with Gasteiger partial charge in [-0.1, -0.05) is 87.4 Å². The molecule has 0 heterocycles. The molecule has 0 saturated heterocycles. The van der Waals surface area contributed by atoms with Crippen LogP contribution >= 0.6 is 0 Å². The first kappa shape index (κ1) is 25.0. The molecular formula is C30H48. The molecular weight excluding hydrogens is 360 g/mol. The molecule has 0 saturated carbocycles. The van der Waals surface area contributed by atoms with Crippen molar-refractivity contribution in [1.29, 1.82) is 0 Å². The Balaban J connectivity index is 3.01. The van der Waals surface area contributed by atoms with Crippen LogP contribution in [0.5, 0.6) is 0 Å². The van der Waals surface area contributed by atoms with E-state index in [-0.39, 0.29) is 0 Å². The molecule has 0 aliphatic rings. The first-order chi connectivity index (χ1) is 14.0. The van der Waals surface area contributed by atoms with E-state index in [9.17, 15) is 0 Å². The second kappa shape index (κ2) is 10.8. The molecule has 0 aromatic heterocycles. The van der Waals surface area contributed by atoms with Crippen LogP contribution in [0.25, 0.3) is 10.8 Å². The minimum absolute atomic E-state index is 0.675. The fraction of sp³-hybridized carbons (Fsp3) is 0.667. The molecule has 2 rings (SSSR count). The highest BCUT2D eigenvalue weighted by atomic mass is 14.3. The molecule has 2 aromatic carbocycles. The van der Waals surface area contributed by atoms with Gasteiger partial charge in [0.05, 0.1) is 0 Å². The van der Waals surface area contributed by atoms with Crippen molar-refractivity contribution >= 4 is 10.8 Å². The van der Waals surface area contributed by atoms with Crippen molar-refractivity contribution in [3.05, 3.63) is 46.0 Å². The van der Waals surface area contributed by atoms with Crippen LogP contribution in [-0.2, 0) is 32.1 Å². The molecule has 0 nitrogen and oxygen atoms in total. The van der Waals surface area contributed by atoms with Crippen LogP contribution < -0.4 is 0 Å². The van der Waals surface area contributed by atoms with Crippen LogP contribution in [0.15, 0.2) is 18.2 Å². The Morgan fingerprint density at radius 2 is 0.867 bits per heavy atom. The normalized spacial score (nSPS) is 12.5. The lowest BCUT2D eigenvalue weighted by molar-refractivity contribution is 0.587. The summed E-state index contributed by atoms with van der Waals surface area (Å²) in [5.41, 5.74) is 8.30. The highest BCUT2D eigenvalue weighted by Gasteiger charge is 2.23. The Bertz CT molecular complexity index is 818. The predicted octanol–water partition coefficient (Wildman–Crippen LogP) is 8.83. The zero-order chi connectivity index (χ0) is 22.6. The highest BCUT2D eigenvalue weighted by molar-refractivity contribution is 5.94. The zero-order valence-corrected chi connectivity index (χ0v) is 21.7. The SMILES string of the molecule is CC(C)Cc1c(CC(C)C)c(CC(C)C)c2c(CC(C)C)cccc2c1CC(C)C. The van der Waals surface area contributed by atoms with Crippen LogP contribution in [0.1, 0.15) is 97.1 Å². The summed E-state index contributed by atoms with van der Waals surface area (Å²) in [6, 6.07) is 7.17. The summed E-state index contributed by atoms with van der Waals surface area (Å²) >= 11 is 0. The predicted molar refractivity (Wildman–Crippen MR) is 137 cm³/mol. The van der Waals surface area contributed by atoms with Gasteiger partial charge < -0.3 is 0 Å². The smallest absolute Gasteiger partial charge is 0.0114 e. The first-order valence-electron chi connectivity index (χ1n) is 12.6. The molecule has 0 spiro atoms. The lowest BCUT2D eigenvalue weighted by Gasteiger charge is -2.28. The van der Waals surface area contributed by atoms with Gasteiger partial charge in [0.2, 0.25) is 0 Å². The van der Waals surface area contributed by atoms with Gasteiger partial charge in [0.1, 0.15) is 0 Å². The molecule has 2 aromatic rings. The van der Waals surface area contributed by atoms with Crippen molar-refractivity contribution in [2.24, 2.45) is 29.6 Å². The summed E-state index contributed by atoms with van der Waals surface area (Å²) in [7, 11) is 0. The molecule has 0 aliphatic heterocycles. The van der Waals surface area contributed by atoms with Gasteiger partial charge in [0.15, 0.2) is 0 Å².